The van der Waals surface area contributed by atoms with Gasteiger partial charge in [0.15, 0.2) is 0 Å². The lowest BCUT2D eigenvalue weighted by molar-refractivity contribution is 0.115. The molecule has 146 valence electrons. The maximum atomic E-state index is 15.2. The molecule has 0 spiro atoms. The highest BCUT2D eigenvalue weighted by Crippen LogP contribution is 2.49. The average molecular weight is 376 g/mol. The van der Waals surface area contributed by atoms with Crippen molar-refractivity contribution >= 4 is 10.8 Å². The van der Waals surface area contributed by atoms with Crippen LogP contribution in [0, 0.1) is 35.2 Å². The quantitative estimate of drug-likeness (QED) is 0.562. The lowest BCUT2D eigenvalue weighted by Crippen LogP contribution is -2.30. The number of methoxy groups -OCH3 is 1. The number of rotatable bonds is 3. The number of hydrogen-bond acceptors (Lipinski definition) is 1. The van der Waals surface area contributed by atoms with Crippen LogP contribution in [0.25, 0.3) is 10.8 Å². The molecule has 0 heterocycles. The van der Waals surface area contributed by atoms with Gasteiger partial charge in [-0.05, 0) is 73.3 Å². The number of halogens is 3. The first-order chi connectivity index (χ1) is 13.0. The van der Waals surface area contributed by atoms with Gasteiger partial charge in [-0.1, -0.05) is 19.8 Å². The van der Waals surface area contributed by atoms with Gasteiger partial charge in [0.2, 0.25) is 0 Å². The van der Waals surface area contributed by atoms with Crippen LogP contribution in [-0.2, 0) is 0 Å². The molecule has 2 saturated carbocycles. The molecule has 0 aliphatic heterocycles. The Hall–Kier alpha value is -1.71. The predicted molar refractivity (Wildman–Crippen MR) is 102 cm³/mol. The number of ether oxygens (including phenoxy) is 1. The van der Waals surface area contributed by atoms with E-state index in [4.69, 9.17) is 4.74 Å². The molecular weight excluding hydrogens is 349 g/mol. The number of hydrogen-bond donors (Lipinski definition) is 0. The van der Waals surface area contributed by atoms with E-state index in [2.05, 4.69) is 6.92 Å². The molecule has 2 aromatic carbocycles. The summed E-state index contributed by atoms with van der Waals surface area (Å²) in [6, 6.07) is 3.91. The smallest absolute Gasteiger partial charge is 0.140 e. The van der Waals surface area contributed by atoms with Crippen LogP contribution < -0.4 is 4.74 Å². The van der Waals surface area contributed by atoms with E-state index in [0.29, 0.717) is 11.8 Å². The third-order valence-corrected chi connectivity index (χ3v) is 7.03. The molecule has 2 aliphatic carbocycles. The highest BCUT2D eigenvalue weighted by molar-refractivity contribution is 5.86. The molecule has 0 amide bonds. The van der Waals surface area contributed by atoms with Crippen LogP contribution in [0.1, 0.15) is 63.4 Å². The minimum Gasteiger partial charge on any atom is -0.497 e. The molecule has 0 N–H and O–H groups in total. The lowest BCUT2D eigenvalue weighted by atomic mass is 9.63. The summed E-state index contributed by atoms with van der Waals surface area (Å²) in [7, 11) is 1.41. The summed E-state index contributed by atoms with van der Waals surface area (Å²) in [6.45, 7) is 2.25. The Morgan fingerprint density at radius 3 is 2.41 bits per heavy atom. The van der Waals surface area contributed by atoms with Crippen molar-refractivity contribution < 1.29 is 17.9 Å². The van der Waals surface area contributed by atoms with E-state index in [1.165, 1.54) is 38.5 Å². The minimum atomic E-state index is -0.726. The third-order valence-electron chi connectivity index (χ3n) is 7.03. The van der Waals surface area contributed by atoms with Gasteiger partial charge in [-0.25, -0.2) is 13.2 Å². The monoisotopic (exact) mass is 376 g/mol. The second kappa shape index (κ2) is 7.37. The van der Waals surface area contributed by atoms with E-state index in [-0.39, 0.29) is 28.0 Å². The molecule has 1 nitrogen and oxygen atoms in total. The second-order valence-electron chi connectivity index (χ2n) is 8.41. The molecule has 0 radical (unpaired) electrons. The Balaban J connectivity index is 1.67. The molecule has 0 bridgehead atoms. The molecule has 27 heavy (non-hydrogen) atoms. The Bertz CT molecular complexity index is 847. The van der Waals surface area contributed by atoms with Gasteiger partial charge in [-0.3, -0.25) is 0 Å². The van der Waals surface area contributed by atoms with Crippen molar-refractivity contribution in [1.29, 1.82) is 0 Å². The summed E-state index contributed by atoms with van der Waals surface area (Å²) in [5, 5.41) is 0.0896. The van der Waals surface area contributed by atoms with Crippen molar-refractivity contribution in [2.24, 2.45) is 17.8 Å². The SMILES string of the molecule is CCC1CCC2CC(c3c(F)cc4cc(OC)cc(F)c4c3F)CCC2C1. The van der Waals surface area contributed by atoms with E-state index < -0.39 is 17.5 Å². The van der Waals surface area contributed by atoms with Crippen molar-refractivity contribution in [2.75, 3.05) is 7.11 Å². The van der Waals surface area contributed by atoms with Crippen LogP contribution in [0.2, 0.25) is 0 Å². The maximum Gasteiger partial charge on any atom is 0.140 e. The van der Waals surface area contributed by atoms with Gasteiger partial charge in [0.05, 0.1) is 12.5 Å². The molecule has 4 rings (SSSR count). The molecule has 0 aromatic heterocycles. The van der Waals surface area contributed by atoms with Gasteiger partial charge in [0.25, 0.3) is 0 Å². The molecule has 4 unspecified atom stereocenters. The molecule has 4 atom stereocenters. The molecule has 4 heteroatoms. The van der Waals surface area contributed by atoms with E-state index in [1.807, 2.05) is 0 Å². The van der Waals surface area contributed by atoms with Gasteiger partial charge in [0.1, 0.15) is 23.2 Å². The van der Waals surface area contributed by atoms with Crippen LogP contribution in [0.4, 0.5) is 13.2 Å². The van der Waals surface area contributed by atoms with Gasteiger partial charge in [-0.15, -0.1) is 0 Å². The van der Waals surface area contributed by atoms with Crippen molar-refractivity contribution in [3.05, 3.63) is 41.2 Å². The summed E-state index contributed by atoms with van der Waals surface area (Å²) < 4.78 is 49.6. The Labute approximate surface area is 158 Å². The van der Waals surface area contributed by atoms with E-state index in [1.54, 1.807) is 0 Å². The zero-order valence-electron chi connectivity index (χ0n) is 16.0. The van der Waals surface area contributed by atoms with Crippen molar-refractivity contribution in [3.8, 4) is 5.75 Å². The normalized spacial score (nSPS) is 28.2. The third kappa shape index (κ3) is 3.32. The van der Waals surface area contributed by atoms with Crippen LogP contribution in [0.5, 0.6) is 5.75 Å². The highest BCUT2D eigenvalue weighted by atomic mass is 19.1. The zero-order valence-corrected chi connectivity index (χ0v) is 16.0. The second-order valence-corrected chi connectivity index (χ2v) is 8.41. The van der Waals surface area contributed by atoms with E-state index in [0.717, 1.165) is 37.7 Å². The Morgan fingerprint density at radius 1 is 0.926 bits per heavy atom. The highest BCUT2D eigenvalue weighted by Gasteiger charge is 2.37. The first-order valence-corrected chi connectivity index (χ1v) is 10.2. The fourth-order valence-corrected chi connectivity index (χ4v) is 5.51. The topological polar surface area (TPSA) is 9.23 Å². The molecule has 2 fully saturated rings. The van der Waals surface area contributed by atoms with E-state index in [9.17, 15) is 8.78 Å². The van der Waals surface area contributed by atoms with Crippen LogP contribution in [-0.4, -0.2) is 7.11 Å². The molecule has 0 saturated heterocycles. The standard InChI is InChI=1S/C23H27F3O/c1-3-13-4-5-15-9-16(7-6-14(15)8-13)21-19(24)11-17-10-18(27-2)12-20(25)22(17)23(21)26/h10-16H,3-9H2,1-2H3. The summed E-state index contributed by atoms with van der Waals surface area (Å²) >= 11 is 0. The van der Waals surface area contributed by atoms with E-state index >= 15 is 4.39 Å². The summed E-state index contributed by atoms with van der Waals surface area (Å²) in [4.78, 5) is 0. The van der Waals surface area contributed by atoms with Gasteiger partial charge < -0.3 is 4.74 Å². The number of benzene rings is 2. The summed E-state index contributed by atoms with van der Waals surface area (Å²) in [5.74, 6) is 0.166. The van der Waals surface area contributed by atoms with Crippen molar-refractivity contribution in [1.82, 2.24) is 0 Å². The summed E-state index contributed by atoms with van der Waals surface area (Å²) in [6.07, 6.45) is 7.48. The molecular formula is C23H27F3O. The predicted octanol–water partition coefficient (Wildman–Crippen LogP) is 6.98. The largest absolute Gasteiger partial charge is 0.497 e. The van der Waals surface area contributed by atoms with Gasteiger partial charge in [-0.2, -0.15) is 0 Å². The van der Waals surface area contributed by atoms with Gasteiger partial charge in [0, 0.05) is 11.6 Å². The molecule has 2 aliphatic rings. The number of fused-ring (bicyclic) bond motifs is 2. The van der Waals surface area contributed by atoms with Crippen molar-refractivity contribution in [3.63, 3.8) is 0 Å². The lowest BCUT2D eigenvalue weighted by Gasteiger charge is -2.42. The fourth-order valence-electron chi connectivity index (χ4n) is 5.51. The first-order valence-electron chi connectivity index (χ1n) is 10.2. The average Bonchev–Trinajstić information content (AvgIpc) is 2.66. The maximum absolute atomic E-state index is 15.2. The summed E-state index contributed by atoms with van der Waals surface area (Å²) in [5.41, 5.74) is 0.0858. The zero-order chi connectivity index (χ0) is 19.1. The van der Waals surface area contributed by atoms with Crippen LogP contribution in [0.15, 0.2) is 18.2 Å². The first kappa shape index (κ1) is 18.6. The Kier molecular flexibility index (Phi) is 5.09. The van der Waals surface area contributed by atoms with Gasteiger partial charge >= 0.3 is 0 Å². The van der Waals surface area contributed by atoms with Crippen LogP contribution in [0.3, 0.4) is 0 Å². The molecule has 2 aromatic rings. The van der Waals surface area contributed by atoms with Crippen LogP contribution >= 0.6 is 0 Å². The minimum absolute atomic E-state index is 0.0858. The van der Waals surface area contributed by atoms with Crippen molar-refractivity contribution in [2.45, 2.75) is 57.8 Å². The Morgan fingerprint density at radius 2 is 1.67 bits per heavy atom. The fraction of sp³-hybridized carbons (Fsp3) is 0.565.